The van der Waals surface area contributed by atoms with Crippen LogP contribution in [0.3, 0.4) is 0 Å². The summed E-state index contributed by atoms with van der Waals surface area (Å²) < 4.78 is 17.2. The van der Waals surface area contributed by atoms with E-state index in [2.05, 4.69) is 32.3 Å². The maximum atomic E-state index is 12.5. The second-order valence-corrected chi connectivity index (χ2v) is 9.71. The number of ether oxygens (including phenoxy) is 3. The second kappa shape index (κ2) is 8.70. The molecule has 0 radical (unpaired) electrons. The number of nitrogens with one attached hydrogen (secondary N) is 1. The van der Waals surface area contributed by atoms with Crippen LogP contribution in [0.25, 0.3) is 0 Å². The average molecular weight is 454 g/mol. The molecule has 0 bridgehead atoms. The Morgan fingerprint density at radius 2 is 2.00 bits per heavy atom. The highest BCUT2D eigenvalue weighted by molar-refractivity contribution is 5.72. The molecule has 1 N–H and O–H groups in total. The van der Waals surface area contributed by atoms with E-state index in [1.54, 1.807) is 11.2 Å². The molecule has 2 fully saturated rings. The van der Waals surface area contributed by atoms with Crippen molar-refractivity contribution in [2.45, 2.75) is 45.3 Å². The number of rotatable bonds is 2. The van der Waals surface area contributed by atoms with E-state index in [4.69, 9.17) is 14.2 Å². The number of morpholine rings is 1. The molecule has 1 atom stereocenters. The summed E-state index contributed by atoms with van der Waals surface area (Å²) in [6.07, 6.45) is 2.25. The molecule has 9 heteroatoms. The number of aromatic nitrogens is 2. The molecule has 0 spiro atoms. The van der Waals surface area contributed by atoms with Gasteiger partial charge >= 0.3 is 6.09 Å². The molecular weight excluding hydrogens is 422 g/mol. The lowest BCUT2D eigenvalue weighted by Gasteiger charge is -2.29. The van der Waals surface area contributed by atoms with Crippen molar-refractivity contribution in [3.05, 3.63) is 35.7 Å². The van der Waals surface area contributed by atoms with E-state index >= 15 is 0 Å². The van der Waals surface area contributed by atoms with E-state index in [0.717, 1.165) is 48.1 Å². The van der Waals surface area contributed by atoms with E-state index < -0.39 is 5.60 Å². The van der Waals surface area contributed by atoms with Gasteiger partial charge in [-0.2, -0.15) is 0 Å². The zero-order valence-electron chi connectivity index (χ0n) is 19.5. The van der Waals surface area contributed by atoms with E-state index in [9.17, 15) is 4.79 Å². The Labute approximate surface area is 194 Å². The third kappa shape index (κ3) is 4.68. The van der Waals surface area contributed by atoms with Crippen LogP contribution in [0.1, 0.15) is 44.2 Å². The highest BCUT2D eigenvalue weighted by Gasteiger charge is 2.31. The second-order valence-electron chi connectivity index (χ2n) is 9.71. The largest absolute Gasteiger partial charge is 0.486 e. The van der Waals surface area contributed by atoms with Gasteiger partial charge < -0.3 is 29.3 Å². The van der Waals surface area contributed by atoms with Crippen LogP contribution >= 0.6 is 0 Å². The minimum absolute atomic E-state index is 0.248. The third-order valence-electron chi connectivity index (χ3n) is 6.17. The summed E-state index contributed by atoms with van der Waals surface area (Å²) in [7, 11) is 0. The molecule has 1 unspecified atom stereocenters. The average Bonchev–Trinajstić information content (AvgIpc) is 3.21. The lowest BCUT2D eigenvalue weighted by molar-refractivity contribution is 0.0292. The standard InChI is InChI=1S/C24H31N5O4/c1-24(2,3)33-23(30)29-7-6-17(13-29)16-4-5-20-19(12-16)27-21-18(14-32-20)22(26-15-25-21)28-8-10-31-11-9-28/h4-5,12,15,17H,6-11,13-14H2,1-3H3,(H,25,26,27). The van der Waals surface area contributed by atoms with Gasteiger partial charge in [-0.1, -0.05) is 6.07 Å². The zero-order valence-corrected chi connectivity index (χ0v) is 19.5. The minimum atomic E-state index is -0.490. The van der Waals surface area contributed by atoms with Gasteiger partial charge in [0, 0.05) is 32.1 Å². The topological polar surface area (TPSA) is 89.0 Å². The van der Waals surface area contributed by atoms with Gasteiger partial charge in [-0.3, -0.25) is 0 Å². The van der Waals surface area contributed by atoms with Crippen molar-refractivity contribution in [3.8, 4) is 5.75 Å². The van der Waals surface area contributed by atoms with Gasteiger partial charge in [0.15, 0.2) is 0 Å². The first-order chi connectivity index (χ1) is 15.9. The van der Waals surface area contributed by atoms with Crippen LogP contribution in [0.4, 0.5) is 22.1 Å². The van der Waals surface area contributed by atoms with Gasteiger partial charge in [0.25, 0.3) is 0 Å². The lowest BCUT2D eigenvalue weighted by Crippen LogP contribution is -2.37. The molecule has 33 heavy (non-hydrogen) atoms. The van der Waals surface area contributed by atoms with Crippen molar-refractivity contribution in [2.75, 3.05) is 49.6 Å². The fraction of sp³-hybridized carbons (Fsp3) is 0.542. The Bertz CT molecular complexity index is 1030. The molecule has 2 saturated heterocycles. The quantitative estimate of drug-likeness (QED) is 0.737. The van der Waals surface area contributed by atoms with Crippen molar-refractivity contribution in [1.82, 2.24) is 14.9 Å². The number of carbonyl (C=O) groups excluding carboxylic acids is 1. The molecule has 0 saturated carbocycles. The van der Waals surface area contributed by atoms with Gasteiger partial charge in [0.05, 0.1) is 24.5 Å². The SMILES string of the molecule is CC(C)(C)OC(=O)N1CCC(c2ccc3c(c2)Nc2ncnc(N4CCOCC4)c2CO3)C1. The van der Waals surface area contributed by atoms with E-state index in [1.165, 1.54) is 5.56 Å². The molecule has 176 valence electrons. The molecule has 1 aromatic carbocycles. The van der Waals surface area contributed by atoms with Crippen LogP contribution in [0, 0.1) is 0 Å². The number of carbonyl (C=O) groups is 1. The predicted octanol–water partition coefficient (Wildman–Crippen LogP) is 3.67. The van der Waals surface area contributed by atoms with E-state index in [1.807, 2.05) is 26.8 Å². The summed E-state index contributed by atoms with van der Waals surface area (Å²) in [6, 6.07) is 6.21. The monoisotopic (exact) mass is 453 g/mol. The number of fused-ring (bicyclic) bond motifs is 2. The Hall–Kier alpha value is -3.07. The van der Waals surface area contributed by atoms with E-state index in [-0.39, 0.29) is 12.0 Å². The van der Waals surface area contributed by atoms with Crippen molar-refractivity contribution in [1.29, 1.82) is 0 Å². The Balaban J connectivity index is 1.34. The Morgan fingerprint density at radius 1 is 1.18 bits per heavy atom. The predicted molar refractivity (Wildman–Crippen MR) is 124 cm³/mol. The highest BCUT2D eigenvalue weighted by Crippen LogP contribution is 2.39. The van der Waals surface area contributed by atoms with Gasteiger partial charge in [-0.25, -0.2) is 14.8 Å². The zero-order chi connectivity index (χ0) is 23.0. The van der Waals surface area contributed by atoms with Crippen molar-refractivity contribution >= 4 is 23.4 Å². The fourth-order valence-corrected chi connectivity index (χ4v) is 4.52. The molecule has 0 aliphatic carbocycles. The number of likely N-dealkylation sites (tertiary alicyclic amines) is 1. The molecule has 5 rings (SSSR count). The Kier molecular flexibility index (Phi) is 5.74. The minimum Gasteiger partial charge on any atom is -0.486 e. The molecule has 1 amide bonds. The summed E-state index contributed by atoms with van der Waals surface area (Å²) in [5, 5.41) is 3.47. The highest BCUT2D eigenvalue weighted by atomic mass is 16.6. The van der Waals surface area contributed by atoms with Crippen LogP contribution in [0.5, 0.6) is 5.75 Å². The number of hydrogen-bond acceptors (Lipinski definition) is 8. The van der Waals surface area contributed by atoms with Gasteiger partial charge in [0.1, 0.15) is 35.9 Å². The molecular formula is C24H31N5O4. The van der Waals surface area contributed by atoms with Crippen molar-refractivity contribution in [3.63, 3.8) is 0 Å². The van der Waals surface area contributed by atoms with Crippen LogP contribution in [-0.4, -0.2) is 66.0 Å². The number of benzene rings is 1. The number of hydrogen-bond donors (Lipinski definition) is 1. The summed E-state index contributed by atoms with van der Waals surface area (Å²) >= 11 is 0. The van der Waals surface area contributed by atoms with Gasteiger partial charge in [0.2, 0.25) is 0 Å². The van der Waals surface area contributed by atoms with Gasteiger partial charge in [-0.05, 0) is 44.9 Å². The number of amides is 1. The first-order valence-corrected chi connectivity index (χ1v) is 11.6. The molecule has 4 heterocycles. The Morgan fingerprint density at radius 3 is 2.79 bits per heavy atom. The van der Waals surface area contributed by atoms with Gasteiger partial charge in [-0.15, -0.1) is 0 Å². The maximum absolute atomic E-state index is 12.5. The summed E-state index contributed by atoms with van der Waals surface area (Å²) in [5.41, 5.74) is 2.51. The van der Waals surface area contributed by atoms with Crippen LogP contribution < -0.4 is 15.0 Å². The van der Waals surface area contributed by atoms with Crippen LogP contribution in [-0.2, 0) is 16.1 Å². The lowest BCUT2D eigenvalue weighted by atomic mass is 9.97. The molecule has 9 nitrogen and oxygen atoms in total. The van der Waals surface area contributed by atoms with Crippen LogP contribution in [0.15, 0.2) is 24.5 Å². The number of nitrogens with zero attached hydrogens (tertiary/aromatic N) is 4. The summed E-state index contributed by atoms with van der Waals surface area (Å²) in [6.45, 7) is 10.4. The molecule has 3 aliphatic heterocycles. The third-order valence-corrected chi connectivity index (χ3v) is 6.17. The first kappa shape index (κ1) is 21.8. The van der Waals surface area contributed by atoms with E-state index in [0.29, 0.717) is 32.9 Å². The summed E-state index contributed by atoms with van der Waals surface area (Å²) in [4.78, 5) is 25.5. The molecule has 3 aliphatic rings. The van der Waals surface area contributed by atoms with Crippen molar-refractivity contribution in [2.24, 2.45) is 0 Å². The normalized spacial score (nSPS) is 20.3. The molecule has 1 aromatic heterocycles. The first-order valence-electron chi connectivity index (χ1n) is 11.6. The maximum Gasteiger partial charge on any atom is 0.410 e. The van der Waals surface area contributed by atoms with Crippen LogP contribution in [0.2, 0.25) is 0 Å². The fourth-order valence-electron chi connectivity index (χ4n) is 4.52. The van der Waals surface area contributed by atoms with Crippen molar-refractivity contribution < 1.29 is 19.0 Å². The smallest absolute Gasteiger partial charge is 0.410 e. The molecule has 2 aromatic rings. The number of anilines is 3. The summed E-state index contributed by atoms with van der Waals surface area (Å²) in [5.74, 6) is 2.70.